The van der Waals surface area contributed by atoms with Crippen molar-refractivity contribution in [3.63, 3.8) is 0 Å². The number of fused-ring (bicyclic) bond motifs is 1. The summed E-state index contributed by atoms with van der Waals surface area (Å²) in [6, 6.07) is 9.00. The first kappa shape index (κ1) is 9.85. The van der Waals surface area contributed by atoms with Crippen molar-refractivity contribution in [3.8, 4) is 0 Å². The van der Waals surface area contributed by atoms with Crippen LogP contribution in [0.15, 0.2) is 24.3 Å². The van der Waals surface area contributed by atoms with Crippen LogP contribution in [0, 0.1) is 6.92 Å². The zero-order chi connectivity index (χ0) is 11.0. The lowest BCUT2D eigenvalue weighted by atomic mass is 10.2. The second kappa shape index (κ2) is 3.91. The molecule has 0 unspecified atom stereocenters. The molecule has 1 fully saturated rings. The SMILES string of the molecule is Cc1nc2ccccc2n1C[C@H]1CCCN1. The van der Waals surface area contributed by atoms with Crippen LogP contribution in [0.2, 0.25) is 0 Å². The Bertz CT molecular complexity index is 495. The van der Waals surface area contributed by atoms with E-state index in [1.54, 1.807) is 0 Å². The minimum atomic E-state index is 0.622. The predicted octanol–water partition coefficient (Wildman–Crippen LogP) is 2.10. The molecule has 3 nitrogen and oxygen atoms in total. The van der Waals surface area contributed by atoms with Crippen molar-refractivity contribution in [1.82, 2.24) is 14.9 Å². The Balaban J connectivity index is 1.98. The van der Waals surface area contributed by atoms with Crippen LogP contribution in [0.3, 0.4) is 0 Å². The standard InChI is InChI=1S/C13H17N3/c1-10-15-12-6-2-3-7-13(12)16(10)9-11-5-4-8-14-11/h2-3,6-7,11,14H,4-5,8-9H2,1H3/t11-/m1/s1. The lowest BCUT2D eigenvalue weighted by molar-refractivity contribution is 0.510. The Hall–Kier alpha value is -1.35. The van der Waals surface area contributed by atoms with Crippen LogP contribution in [0.5, 0.6) is 0 Å². The first-order chi connectivity index (χ1) is 7.84. The van der Waals surface area contributed by atoms with Gasteiger partial charge in [-0.05, 0) is 38.4 Å². The molecule has 0 saturated carbocycles. The predicted molar refractivity (Wildman–Crippen MR) is 65.5 cm³/mol. The highest BCUT2D eigenvalue weighted by atomic mass is 15.1. The quantitative estimate of drug-likeness (QED) is 0.831. The van der Waals surface area contributed by atoms with Gasteiger partial charge in [0.15, 0.2) is 0 Å². The number of aromatic nitrogens is 2. The summed E-state index contributed by atoms with van der Waals surface area (Å²) < 4.78 is 2.33. The van der Waals surface area contributed by atoms with E-state index in [0.717, 1.165) is 24.4 Å². The zero-order valence-corrected chi connectivity index (χ0v) is 9.61. The minimum Gasteiger partial charge on any atom is -0.327 e. The molecule has 3 rings (SSSR count). The third-order valence-corrected chi connectivity index (χ3v) is 3.41. The van der Waals surface area contributed by atoms with Gasteiger partial charge < -0.3 is 9.88 Å². The number of nitrogens with one attached hydrogen (secondary N) is 1. The highest BCUT2D eigenvalue weighted by molar-refractivity contribution is 5.75. The molecule has 1 N–H and O–H groups in total. The second-order valence-electron chi connectivity index (χ2n) is 4.55. The van der Waals surface area contributed by atoms with E-state index in [4.69, 9.17) is 0 Å². The maximum atomic E-state index is 4.59. The fourth-order valence-corrected chi connectivity index (χ4v) is 2.56. The average Bonchev–Trinajstić information content (AvgIpc) is 2.89. The summed E-state index contributed by atoms with van der Waals surface area (Å²) in [4.78, 5) is 4.59. The molecule has 1 saturated heterocycles. The lowest BCUT2D eigenvalue weighted by Gasteiger charge is -2.13. The van der Waals surface area contributed by atoms with E-state index in [1.807, 2.05) is 6.07 Å². The number of benzene rings is 1. The number of hydrogen-bond acceptors (Lipinski definition) is 2. The topological polar surface area (TPSA) is 29.9 Å². The van der Waals surface area contributed by atoms with Gasteiger partial charge in [0.2, 0.25) is 0 Å². The van der Waals surface area contributed by atoms with Crippen LogP contribution in [-0.2, 0) is 6.54 Å². The zero-order valence-electron chi connectivity index (χ0n) is 9.61. The normalized spacial score (nSPS) is 20.7. The molecule has 3 heteroatoms. The molecular formula is C13H17N3. The Morgan fingerprint density at radius 3 is 3.12 bits per heavy atom. The van der Waals surface area contributed by atoms with Gasteiger partial charge in [-0.3, -0.25) is 0 Å². The maximum Gasteiger partial charge on any atom is 0.106 e. The molecule has 2 aromatic rings. The van der Waals surface area contributed by atoms with Crippen LogP contribution in [0.25, 0.3) is 11.0 Å². The molecule has 16 heavy (non-hydrogen) atoms. The number of imidazole rings is 1. The molecular weight excluding hydrogens is 198 g/mol. The molecule has 84 valence electrons. The molecule has 1 aliphatic heterocycles. The smallest absolute Gasteiger partial charge is 0.106 e. The summed E-state index contributed by atoms with van der Waals surface area (Å²) in [7, 11) is 0. The van der Waals surface area contributed by atoms with Gasteiger partial charge in [-0.25, -0.2) is 4.98 Å². The molecule has 1 aromatic carbocycles. The fraction of sp³-hybridized carbons (Fsp3) is 0.462. The Morgan fingerprint density at radius 2 is 2.31 bits per heavy atom. The van der Waals surface area contributed by atoms with E-state index in [0.29, 0.717) is 6.04 Å². The molecule has 1 aliphatic rings. The lowest BCUT2D eigenvalue weighted by Crippen LogP contribution is -2.27. The summed E-state index contributed by atoms with van der Waals surface area (Å²) in [6.45, 7) is 4.30. The van der Waals surface area contributed by atoms with Crippen molar-refractivity contribution in [2.45, 2.75) is 32.4 Å². The van der Waals surface area contributed by atoms with Crippen molar-refractivity contribution < 1.29 is 0 Å². The highest BCUT2D eigenvalue weighted by Crippen LogP contribution is 2.17. The van der Waals surface area contributed by atoms with Gasteiger partial charge in [0.1, 0.15) is 5.82 Å². The Labute approximate surface area is 95.5 Å². The molecule has 0 amide bonds. The molecule has 0 spiro atoms. The monoisotopic (exact) mass is 215 g/mol. The van der Waals surface area contributed by atoms with Crippen molar-refractivity contribution in [2.75, 3.05) is 6.54 Å². The fourth-order valence-electron chi connectivity index (χ4n) is 2.56. The van der Waals surface area contributed by atoms with Gasteiger partial charge in [0.05, 0.1) is 11.0 Å². The van der Waals surface area contributed by atoms with Crippen molar-refractivity contribution in [2.24, 2.45) is 0 Å². The van der Waals surface area contributed by atoms with Gasteiger partial charge in [-0.2, -0.15) is 0 Å². The van der Waals surface area contributed by atoms with Gasteiger partial charge in [-0.1, -0.05) is 12.1 Å². The van der Waals surface area contributed by atoms with Crippen molar-refractivity contribution in [3.05, 3.63) is 30.1 Å². The Morgan fingerprint density at radius 1 is 1.44 bits per heavy atom. The molecule has 1 aromatic heterocycles. The summed E-state index contributed by atoms with van der Waals surface area (Å²) >= 11 is 0. The summed E-state index contributed by atoms with van der Waals surface area (Å²) in [5.41, 5.74) is 2.37. The van der Waals surface area contributed by atoms with Crippen LogP contribution in [0.4, 0.5) is 0 Å². The Kier molecular flexibility index (Phi) is 2.40. The summed E-state index contributed by atoms with van der Waals surface area (Å²) in [6.07, 6.45) is 2.59. The van der Waals surface area contributed by atoms with E-state index >= 15 is 0 Å². The first-order valence-electron chi connectivity index (χ1n) is 6.00. The van der Waals surface area contributed by atoms with Crippen LogP contribution < -0.4 is 5.32 Å². The van der Waals surface area contributed by atoms with E-state index in [-0.39, 0.29) is 0 Å². The van der Waals surface area contributed by atoms with Gasteiger partial charge in [0, 0.05) is 12.6 Å². The largest absolute Gasteiger partial charge is 0.327 e. The number of aryl methyl sites for hydroxylation is 1. The molecule has 0 aliphatic carbocycles. The molecule has 0 bridgehead atoms. The van der Waals surface area contributed by atoms with E-state index in [2.05, 4.69) is 40.0 Å². The second-order valence-corrected chi connectivity index (χ2v) is 4.55. The number of rotatable bonds is 2. The summed E-state index contributed by atoms with van der Waals surface area (Å²) in [5.74, 6) is 1.12. The van der Waals surface area contributed by atoms with Crippen LogP contribution >= 0.6 is 0 Å². The van der Waals surface area contributed by atoms with Crippen LogP contribution in [-0.4, -0.2) is 22.1 Å². The maximum absolute atomic E-state index is 4.59. The molecule has 0 radical (unpaired) electrons. The molecule has 1 atom stereocenters. The molecule has 2 heterocycles. The third kappa shape index (κ3) is 1.61. The highest BCUT2D eigenvalue weighted by Gasteiger charge is 2.16. The minimum absolute atomic E-state index is 0.622. The average molecular weight is 215 g/mol. The van der Waals surface area contributed by atoms with E-state index < -0.39 is 0 Å². The van der Waals surface area contributed by atoms with Gasteiger partial charge >= 0.3 is 0 Å². The first-order valence-corrected chi connectivity index (χ1v) is 6.00. The van der Waals surface area contributed by atoms with Gasteiger partial charge in [0.25, 0.3) is 0 Å². The van der Waals surface area contributed by atoms with E-state index in [9.17, 15) is 0 Å². The number of hydrogen-bond donors (Lipinski definition) is 1. The van der Waals surface area contributed by atoms with Crippen molar-refractivity contribution >= 4 is 11.0 Å². The van der Waals surface area contributed by atoms with Gasteiger partial charge in [-0.15, -0.1) is 0 Å². The number of para-hydroxylation sites is 2. The van der Waals surface area contributed by atoms with Crippen molar-refractivity contribution in [1.29, 1.82) is 0 Å². The van der Waals surface area contributed by atoms with E-state index in [1.165, 1.54) is 18.4 Å². The van der Waals surface area contributed by atoms with Crippen LogP contribution in [0.1, 0.15) is 18.7 Å². The number of nitrogens with zero attached hydrogens (tertiary/aromatic N) is 2. The third-order valence-electron chi connectivity index (χ3n) is 3.41. The summed E-state index contributed by atoms with van der Waals surface area (Å²) in [5, 5.41) is 3.54.